The normalized spacial score (nSPS) is 14.3. The molecule has 2 N–H and O–H groups in total. The average molecular weight is 497 g/mol. The van der Waals surface area contributed by atoms with E-state index < -0.39 is 0 Å². The van der Waals surface area contributed by atoms with Crippen LogP contribution in [0.15, 0.2) is 49.1 Å². The molecule has 0 unspecified atom stereocenters. The van der Waals surface area contributed by atoms with Crippen molar-refractivity contribution < 1.29 is 14.3 Å². The predicted molar refractivity (Wildman–Crippen MR) is 131 cm³/mol. The molecule has 1 aliphatic heterocycles. The van der Waals surface area contributed by atoms with Crippen molar-refractivity contribution in [3.8, 4) is 17.0 Å². The zero-order valence-corrected chi connectivity index (χ0v) is 19.9. The number of anilines is 1. The van der Waals surface area contributed by atoms with Gasteiger partial charge >= 0.3 is 0 Å². The predicted octanol–water partition coefficient (Wildman–Crippen LogP) is 2.34. The highest BCUT2D eigenvalue weighted by atomic mass is 35.5. The number of morpholine rings is 1. The lowest BCUT2D eigenvalue weighted by Gasteiger charge is -2.27. The summed E-state index contributed by atoms with van der Waals surface area (Å²) in [4.78, 5) is 17.5. The van der Waals surface area contributed by atoms with Gasteiger partial charge < -0.3 is 14.8 Å². The number of carbonyl (C=O) groups excluding carboxylic acids is 1. The second-order valence-electron chi connectivity index (χ2n) is 7.91. The Labute approximate surface area is 206 Å². The van der Waals surface area contributed by atoms with Gasteiger partial charge in [0.1, 0.15) is 17.0 Å². The molecule has 0 saturated carbocycles. The molecule has 12 heteroatoms. The number of halogens is 1. The Balaban J connectivity index is 1.42. The average Bonchev–Trinajstić information content (AvgIpc) is 3.49. The number of rotatable bonds is 8. The Morgan fingerprint density at radius 1 is 1.29 bits per heavy atom. The maximum atomic E-state index is 13.2. The Kier molecular flexibility index (Phi) is 6.91. The summed E-state index contributed by atoms with van der Waals surface area (Å²) in [5, 5.41) is 14.6. The molecule has 0 aliphatic carbocycles. The van der Waals surface area contributed by atoms with E-state index in [2.05, 4.69) is 25.8 Å². The summed E-state index contributed by atoms with van der Waals surface area (Å²) in [6.45, 7) is 4.34. The molecule has 3 aromatic heterocycles. The molecular weight excluding hydrogens is 472 g/mol. The van der Waals surface area contributed by atoms with E-state index in [1.807, 2.05) is 0 Å². The van der Waals surface area contributed by atoms with E-state index in [4.69, 9.17) is 26.2 Å². The molecule has 182 valence electrons. The molecule has 0 atom stereocenters. The quantitative estimate of drug-likeness (QED) is 0.382. The van der Waals surface area contributed by atoms with Crippen molar-refractivity contribution in [3.63, 3.8) is 0 Å². The molecule has 1 aromatic carbocycles. The first-order valence-electron chi connectivity index (χ1n) is 11.2. The number of amides is 1. The number of carbonyl (C=O) groups is 1. The third-order valence-corrected chi connectivity index (χ3v) is 5.87. The molecule has 1 aliphatic rings. The van der Waals surface area contributed by atoms with Crippen molar-refractivity contribution >= 4 is 28.8 Å². The van der Waals surface area contributed by atoms with Crippen LogP contribution in [0.5, 0.6) is 5.75 Å². The summed E-state index contributed by atoms with van der Waals surface area (Å²) >= 11 is 6.28. The lowest BCUT2D eigenvalue weighted by molar-refractivity contribution is 0.0114. The van der Waals surface area contributed by atoms with Crippen LogP contribution in [0.4, 0.5) is 5.69 Å². The maximum Gasteiger partial charge on any atom is 0.261 e. The van der Waals surface area contributed by atoms with Gasteiger partial charge in [-0.1, -0.05) is 11.6 Å². The molecule has 0 bridgehead atoms. The zero-order valence-electron chi connectivity index (χ0n) is 19.1. The van der Waals surface area contributed by atoms with Crippen molar-refractivity contribution in [2.45, 2.75) is 6.54 Å². The minimum absolute atomic E-state index is 0.341. The number of hydrazine groups is 1. The lowest BCUT2D eigenvalue weighted by atomic mass is 10.1. The van der Waals surface area contributed by atoms with E-state index in [0.717, 1.165) is 13.1 Å². The second kappa shape index (κ2) is 10.4. The van der Waals surface area contributed by atoms with Crippen LogP contribution < -0.4 is 15.5 Å². The van der Waals surface area contributed by atoms with Gasteiger partial charge in [0.25, 0.3) is 5.91 Å². The van der Waals surface area contributed by atoms with Crippen LogP contribution in [0.1, 0.15) is 10.4 Å². The fourth-order valence-electron chi connectivity index (χ4n) is 3.91. The smallest absolute Gasteiger partial charge is 0.261 e. The summed E-state index contributed by atoms with van der Waals surface area (Å²) in [6, 6.07) is 7.04. The summed E-state index contributed by atoms with van der Waals surface area (Å²) in [5.41, 5.74) is 5.97. The number of benzene rings is 1. The Morgan fingerprint density at radius 2 is 2.14 bits per heavy atom. The Morgan fingerprint density at radius 3 is 2.97 bits per heavy atom. The highest BCUT2D eigenvalue weighted by Crippen LogP contribution is 2.36. The van der Waals surface area contributed by atoms with Crippen LogP contribution in [0.3, 0.4) is 0 Å². The first-order valence-corrected chi connectivity index (χ1v) is 11.6. The summed E-state index contributed by atoms with van der Waals surface area (Å²) < 4.78 is 14.3. The van der Waals surface area contributed by atoms with Gasteiger partial charge in [0.05, 0.1) is 38.8 Å². The van der Waals surface area contributed by atoms with Crippen molar-refractivity contribution in [2.75, 3.05) is 45.3 Å². The van der Waals surface area contributed by atoms with Crippen molar-refractivity contribution in [2.24, 2.45) is 0 Å². The highest BCUT2D eigenvalue weighted by Gasteiger charge is 2.21. The van der Waals surface area contributed by atoms with Crippen molar-refractivity contribution in [1.82, 2.24) is 34.8 Å². The van der Waals surface area contributed by atoms with Gasteiger partial charge in [0.2, 0.25) is 0 Å². The van der Waals surface area contributed by atoms with Crippen LogP contribution in [0, 0.1) is 0 Å². The molecule has 1 amide bonds. The number of hydrogen-bond donors (Lipinski definition) is 2. The third-order valence-electron chi connectivity index (χ3n) is 5.64. The molecule has 11 nitrogen and oxygen atoms in total. The molecule has 35 heavy (non-hydrogen) atoms. The molecule has 5 rings (SSSR count). The fraction of sp³-hybridized carbons (Fsp3) is 0.304. The fourth-order valence-corrected chi connectivity index (χ4v) is 4.08. The van der Waals surface area contributed by atoms with E-state index in [9.17, 15) is 4.79 Å². The van der Waals surface area contributed by atoms with Gasteiger partial charge in [-0.15, -0.1) is 0 Å². The first kappa shape index (κ1) is 23.2. The third kappa shape index (κ3) is 5.13. The van der Waals surface area contributed by atoms with Crippen molar-refractivity contribution in [1.29, 1.82) is 0 Å². The summed E-state index contributed by atoms with van der Waals surface area (Å²) in [7, 11) is 1.58. The SMILES string of the molecule is COc1ccc(Cl)cc1-c1nn(CCNN2CCOCC2)cc1NC(=O)c1cnn2cccnc12. The van der Waals surface area contributed by atoms with Crippen LogP contribution in [-0.4, -0.2) is 75.3 Å². The number of aromatic nitrogens is 5. The van der Waals surface area contributed by atoms with Crippen LogP contribution in [0.25, 0.3) is 16.9 Å². The van der Waals surface area contributed by atoms with E-state index in [0.29, 0.717) is 65.2 Å². The van der Waals surface area contributed by atoms with Gasteiger partial charge in [-0.25, -0.2) is 14.5 Å². The van der Waals surface area contributed by atoms with Crippen LogP contribution >= 0.6 is 11.6 Å². The first-order chi connectivity index (χ1) is 17.1. The lowest BCUT2D eigenvalue weighted by Crippen LogP contribution is -2.46. The van der Waals surface area contributed by atoms with E-state index in [1.54, 1.807) is 59.2 Å². The minimum atomic E-state index is -0.341. The summed E-state index contributed by atoms with van der Waals surface area (Å²) in [6.07, 6.45) is 6.65. The Hall–Kier alpha value is -3.51. The number of methoxy groups -OCH3 is 1. The van der Waals surface area contributed by atoms with Gasteiger partial charge in [0.15, 0.2) is 5.65 Å². The minimum Gasteiger partial charge on any atom is -0.496 e. The van der Waals surface area contributed by atoms with Crippen LogP contribution in [0.2, 0.25) is 5.02 Å². The van der Waals surface area contributed by atoms with Gasteiger partial charge in [-0.2, -0.15) is 10.2 Å². The maximum absolute atomic E-state index is 13.2. The summed E-state index contributed by atoms with van der Waals surface area (Å²) in [5.74, 6) is 0.256. The highest BCUT2D eigenvalue weighted by molar-refractivity contribution is 6.31. The van der Waals surface area contributed by atoms with Gasteiger partial charge in [-0.3, -0.25) is 14.9 Å². The molecule has 0 spiro atoms. The molecule has 0 radical (unpaired) electrons. The standard InChI is InChI=1S/C23H25ClN8O3/c1-34-20-4-3-16(24)13-17(20)21-19(15-31(29-21)8-6-26-30-9-11-35-12-10-30)28-23(33)18-14-27-32-7-2-5-25-22(18)32/h2-5,7,13-15,26H,6,8-12H2,1H3,(H,28,33). The topological polar surface area (TPSA) is 111 Å². The second-order valence-corrected chi connectivity index (χ2v) is 8.34. The van der Waals surface area contributed by atoms with E-state index in [-0.39, 0.29) is 5.91 Å². The van der Waals surface area contributed by atoms with E-state index in [1.165, 1.54) is 6.20 Å². The van der Waals surface area contributed by atoms with Gasteiger partial charge in [0, 0.05) is 48.8 Å². The number of hydrogen-bond acceptors (Lipinski definition) is 8. The molecule has 4 heterocycles. The van der Waals surface area contributed by atoms with Crippen LogP contribution in [-0.2, 0) is 11.3 Å². The largest absolute Gasteiger partial charge is 0.496 e. The van der Waals surface area contributed by atoms with E-state index >= 15 is 0 Å². The number of ether oxygens (including phenoxy) is 2. The molecule has 1 saturated heterocycles. The number of nitrogens with one attached hydrogen (secondary N) is 2. The zero-order chi connectivity index (χ0) is 24.2. The Bertz CT molecular complexity index is 1330. The monoisotopic (exact) mass is 496 g/mol. The van der Waals surface area contributed by atoms with Gasteiger partial charge in [-0.05, 0) is 24.3 Å². The molecular formula is C23H25ClN8O3. The molecule has 4 aromatic rings. The molecule has 1 fully saturated rings. The number of nitrogens with zero attached hydrogens (tertiary/aromatic N) is 6. The van der Waals surface area contributed by atoms with Crippen molar-refractivity contribution in [3.05, 3.63) is 59.6 Å². The number of fused-ring (bicyclic) bond motifs is 1.